The average Bonchev–Trinajstić information content (AvgIpc) is 0.705. The molecular weight excluding hydrogens is 1900 g/mol. The Morgan fingerprint density at radius 2 is 0.821 bits per heavy atom. The Bertz CT molecular complexity index is 7680. The molecule has 15 heterocycles. The summed E-state index contributed by atoms with van der Waals surface area (Å²) in [4.78, 5) is 165. The first-order valence-corrected chi connectivity index (χ1v) is 47.3. The van der Waals surface area contributed by atoms with Crippen LogP contribution in [0.5, 0.6) is 17.2 Å². The summed E-state index contributed by atoms with van der Waals surface area (Å²) in [5.41, 5.74) is -1.54. The second-order valence-corrected chi connectivity index (χ2v) is 38.8. The van der Waals surface area contributed by atoms with Crippen molar-refractivity contribution in [3.8, 4) is 67.8 Å². The molecule has 6 unspecified atom stereocenters. The minimum absolute atomic E-state index is 0. The van der Waals surface area contributed by atoms with E-state index in [0.717, 1.165) is 68.1 Å². The summed E-state index contributed by atoms with van der Waals surface area (Å²) in [5, 5.41) is 32.3. The third kappa shape index (κ3) is 16.3. The van der Waals surface area contributed by atoms with Gasteiger partial charge in [0.2, 0.25) is 17.7 Å². The molecule has 0 aliphatic carbocycles. The van der Waals surface area contributed by atoms with Gasteiger partial charge in [-0.2, -0.15) is 0 Å². The molecule has 145 heavy (non-hydrogen) atoms. The number of benzene rings is 5. The highest BCUT2D eigenvalue weighted by Crippen LogP contribution is 2.53. The van der Waals surface area contributed by atoms with E-state index in [1.807, 2.05) is 67.3 Å². The number of halogens is 8. The summed E-state index contributed by atoms with van der Waals surface area (Å²) < 4.78 is 122. The third-order valence-corrected chi connectivity index (χ3v) is 28.6. The lowest BCUT2D eigenvalue weighted by Crippen LogP contribution is -2.71. The van der Waals surface area contributed by atoms with E-state index in [-0.39, 0.29) is 197 Å². The minimum Gasteiger partial charge on any atom is -0.507 e. The molecule has 8 aliphatic rings. The number of aromatic hydroxyl groups is 3. The molecule has 5 aromatic carbocycles. The monoisotopic (exact) mass is 2010 g/mol. The summed E-state index contributed by atoms with van der Waals surface area (Å²) in [7, 11) is 3.34. The molecule has 0 radical (unpaired) electrons. The van der Waals surface area contributed by atoms with Gasteiger partial charge in [0.1, 0.15) is 87.8 Å². The zero-order chi connectivity index (χ0) is 103. The Morgan fingerprint density at radius 3 is 1.23 bits per heavy atom. The molecule has 0 bridgehead atoms. The number of hydrogen-bond donors (Lipinski definition) is 3. The van der Waals surface area contributed by atoms with E-state index >= 15 is 40.3 Å². The van der Waals surface area contributed by atoms with Gasteiger partial charge in [0.05, 0.1) is 151 Å². The molecule has 3 N–H and O–H groups in total. The van der Waals surface area contributed by atoms with Gasteiger partial charge in [0.15, 0.2) is 17.3 Å². The lowest BCUT2D eigenvalue weighted by atomic mass is 9.93. The van der Waals surface area contributed by atoms with E-state index in [2.05, 4.69) is 44.6 Å². The van der Waals surface area contributed by atoms with Crippen LogP contribution in [0.15, 0.2) is 156 Å². The van der Waals surface area contributed by atoms with Crippen molar-refractivity contribution >= 4 is 114 Å². The summed E-state index contributed by atoms with van der Waals surface area (Å²) in [5.74, 6) is -12.5. The Labute approximate surface area is 833 Å². The second kappa shape index (κ2) is 38.5. The number of phenolic OH excluding ortho intramolecular Hbond substituents is 3. The van der Waals surface area contributed by atoms with Gasteiger partial charge in [-0.1, -0.05) is 98.5 Å². The Balaban J connectivity index is 0.000000149. The number of carbonyl (C=O) groups excluding carboxylic acids is 6. The number of hydrogen-bond acceptors (Lipinski definition) is 22. The molecular formula is C106H106ClF7N18O13. The highest BCUT2D eigenvalue weighted by Gasteiger charge is 2.55. The number of pyridine rings is 6. The molecule has 0 saturated carbocycles. The van der Waals surface area contributed by atoms with Crippen LogP contribution in [0.3, 0.4) is 0 Å². The van der Waals surface area contributed by atoms with Gasteiger partial charge in [-0.05, 0) is 162 Å². The van der Waals surface area contributed by atoms with E-state index in [9.17, 15) is 48.9 Å². The van der Waals surface area contributed by atoms with Crippen molar-refractivity contribution in [2.24, 2.45) is 0 Å². The maximum atomic E-state index is 17.4. The maximum absolute atomic E-state index is 17.4. The van der Waals surface area contributed by atoms with E-state index in [1.165, 1.54) is 69.0 Å². The number of aromatic nitrogens is 8. The van der Waals surface area contributed by atoms with E-state index in [4.69, 9.17) is 21.3 Å². The summed E-state index contributed by atoms with van der Waals surface area (Å²) in [6, 6.07) is 12.7. The van der Waals surface area contributed by atoms with Crippen LogP contribution in [-0.4, -0.2) is 237 Å². The molecule has 12 aromatic rings. The number of ether oxygens (including phenoxy) is 1. The normalized spacial score (nSPS) is 18.8. The van der Waals surface area contributed by atoms with Crippen molar-refractivity contribution in [3.05, 3.63) is 252 Å². The highest BCUT2D eigenvalue weighted by atomic mass is 35.5. The third-order valence-electron chi connectivity index (χ3n) is 28.3. The topological polar surface area (TPSA) is 335 Å². The van der Waals surface area contributed by atoms with Gasteiger partial charge in [0.25, 0.3) is 34.4 Å². The van der Waals surface area contributed by atoms with Gasteiger partial charge in [-0.15, -0.1) is 0 Å². The van der Waals surface area contributed by atoms with E-state index < -0.39 is 145 Å². The molecule has 5 fully saturated rings. The smallest absolute Gasteiger partial charge is 0.283 e. The number of amides is 6. The number of anilines is 6. The first-order chi connectivity index (χ1) is 68.5. The second-order valence-electron chi connectivity index (χ2n) is 38.4. The van der Waals surface area contributed by atoms with Gasteiger partial charge in [-0.25, -0.2) is 45.7 Å². The van der Waals surface area contributed by atoms with Gasteiger partial charge < -0.3 is 59.3 Å². The number of piperazine rings is 3. The fourth-order valence-electron chi connectivity index (χ4n) is 21.4. The first kappa shape index (κ1) is 101. The van der Waals surface area contributed by atoms with Crippen LogP contribution in [0, 0.1) is 61.5 Å². The molecule has 754 valence electrons. The number of likely N-dealkylation sites (N-methyl/N-ethyl adjacent to an activating group) is 2. The summed E-state index contributed by atoms with van der Waals surface area (Å²) >= 11 is 6.94. The van der Waals surface area contributed by atoms with Crippen LogP contribution in [0.4, 0.5) is 64.9 Å². The Hall–Kier alpha value is -15.2. The van der Waals surface area contributed by atoms with Crippen LogP contribution in [0.1, 0.15) is 121 Å². The number of fused-ring (bicyclic) bond motifs is 15. The zero-order valence-electron chi connectivity index (χ0n) is 81.1. The minimum atomic E-state index is -1.31. The van der Waals surface area contributed by atoms with Gasteiger partial charge in [0, 0.05) is 86.4 Å². The Kier molecular flexibility index (Phi) is 26.9. The molecule has 8 aliphatic heterocycles. The standard InChI is InChI=1S/C36H37ClFN7O4.C36H34F3N5O5.C33H31F3N6O4.CH4/c1-7-27(47)42-17-25-35(48)44(21-15-41(6)16-21)33-32(43(25)14-20(42)5)22-13-23(37)30(28-24(38)9-8-10-26(28)46)40-34(22)45(36(33)49)31-19(4)11-12-39-29(31)18(2)3;1-6-26(46)41-14-24-35(47)43(20-15-49-16-20)34-33(42(24)13-19(41)5)21-12-23(38)28(27-22(37)8-7-9-25(27)45)29(39)32(21)44(36(34)48)31-18(4)10-11-40-30(31)17(2)3;1-7-23(44)40-13-21-32(45)39(6)31-30(41(21)12-16(40)4)18-11-20(35)25(24-19(34)9-8-10-22(24)43)26(36)29(18)42(33(31)46)28-17(5)37-14-38-27(28)15(2)3;/h7-13,18,20-21,25,46H,1,14-17H2,2-6H3;6-12,17,19-20,24,45H,1,13-16H2,2-5H3;7-11,14-16,21,43H,1,12-13H2,2-6H3;1H4. The number of carbonyl (C=O) groups is 6. The van der Waals surface area contributed by atoms with Crippen molar-refractivity contribution < 1.29 is 79.6 Å². The molecule has 31 nitrogen and oxygen atoms in total. The Morgan fingerprint density at radius 1 is 0.441 bits per heavy atom. The molecule has 7 aromatic heterocycles. The molecule has 6 amide bonds. The van der Waals surface area contributed by atoms with Gasteiger partial charge >= 0.3 is 0 Å². The average molecular weight is 2010 g/mol. The predicted octanol–water partition coefficient (Wildman–Crippen LogP) is 14.8. The zero-order valence-corrected chi connectivity index (χ0v) is 81.8. The quantitative estimate of drug-likeness (QED) is 0.0672. The van der Waals surface area contributed by atoms with Crippen LogP contribution >= 0.6 is 11.6 Å². The SMILES string of the molecule is C.C=CC(=O)N1CC2C(=O)N(C)c3c(c4cc(F)c(-c5c(O)cccc5F)c(F)c4n(-c4c(C)ncnc4C(C)C)c3=O)N2CC1C.C=CC(=O)N1CC2C(=O)N(C3CN(C)C3)c3c(c4cc(Cl)c(-c5c(O)cccc5F)nc4n(-c4c(C)ccnc4C(C)C)c3=O)N2CC1C.C=CC(=O)N1CC2C(=O)N(C3COC3)c3c(c4cc(F)c(-c5c(O)cccc5F)c(F)c4n(-c4c(C)ccnc4C(C)C)c3=O)N2CC1C. The predicted molar refractivity (Wildman–Crippen MR) is 539 cm³/mol. The lowest BCUT2D eigenvalue weighted by Gasteiger charge is -2.53. The number of likely N-dealkylation sites (tertiary alicyclic amines) is 1. The summed E-state index contributed by atoms with van der Waals surface area (Å²) in [6.45, 7) is 34.4. The van der Waals surface area contributed by atoms with E-state index in [0.29, 0.717) is 58.2 Å². The van der Waals surface area contributed by atoms with Crippen LogP contribution in [0.2, 0.25) is 5.02 Å². The van der Waals surface area contributed by atoms with Crippen molar-refractivity contribution in [3.63, 3.8) is 0 Å². The largest absolute Gasteiger partial charge is 0.507 e. The van der Waals surface area contributed by atoms with E-state index in [1.54, 1.807) is 77.9 Å². The molecule has 0 spiro atoms. The number of phenols is 3. The molecule has 39 heteroatoms. The fourth-order valence-corrected chi connectivity index (χ4v) is 21.7. The lowest BCUT2D eigenvalue weighted by molar-refractivity contribution is -0.132. The number of nitrogens with zero attached hydrogens (tertiary/aromatic N) is 18. The summed E-state index contributed by atoms with van der Waals surface area (Å²) in [6.07, 6.45) is 8.10. The maximum Gasteiger partial charge on any atom is 0.283 e. The van der Waals surface area contributed by atoms with Crippen LogP contribution in [0.25, 0.3) is 83.4 Å². The van der Waals surface area contributed by atoms with Crippen molar-refractivity contribution in [1.29, 1.82) is 0 Å². The first-order valence-electron chi connectivity index (χ1n) is 47.0. The van der Waals surface area contributed by atoms with Gasteiger partial charge in [-0.3, -0.25) is 76.6 Å². The van der Waals surface area contributed by atoms with Crippen molar-refractivity contribution in [2.75, 3.05) is 109 Å². The fraction of sp³-hybridized carbons (Fsp3) is 0.340. The molecule has 20 rings (SSSR count). The highest BCUT2D eigenvalue weighted by molar-refractivity contribution is 6.34. The number of rotatable bonds is 14. The number of aryl methyl sites for hydroxylation is 3. The van der Waals surface area contributed by atoms with Crippen molar-refractivity contribution in [1.82, 2.24) is 58.2 Å². The molecule has 5 saturated heterocycles. The molecule has 6 atom stereocenters. The van der Waals surface area contributed by atoms with Crippen LogP contribution < -0.4 is 46.1 Å². The van der Waals surface area contributed by atoms with Crippen molar-refractivity contribution in [2.45, 2.75) is 157 Å². The van der Waals surface area contributed by atoms with Crippen LogP contribution in [-0.2, 0) is 33.5 Å².